The fraction of sp³-hybridized carbons (Fsp3) is 0.133. The van der Waals surface area contributed by atoms with E-state index in [9.17, 15) is 18.7 Å². The SMILES string of the molecule is O=C1c2ccc(F)cc2CC1(O)c1ccc(F)cc1. The summed E-state index contributed by atoms with van der Waals surface area (Å²) < 4.78 is 26.0. The molecule has 0 spiro atoms. The molecule has 2 aromatic rings. The predicted octanol–water partition coefficient (Wildman–Crippen LogP) is 2.59. The van der Waals surface area contributed by atoms with E-state index in [-0.39, 0.29) is 6.42 Å². The van der Waals surface area contributed by atoms with Crippen LogP contribution in [0.1, 0.15) is 21.5 Å². The first-order chi connectivity index (χ1) is 9.00. The maximum absolute atomic E-state index is 13.2. The Balaban J connectivity index is 2.09. The van der Waals surface area contributed by atoms with Crippen LogP contribution in [0.15, 0.2) is 42.5 Å². The zero-order chi connectivity index (χ0) is 13.6. The normalized spacial score (nSPS) is 21.5. The lowest BCUT2D eigenvalue weighted by Crippen LogP contribution is -2.32. The predicted molar refractivity (Wildman–Crippen MR) is 64.7 cm³/mol. The van der Waals surface area contributed by atoms with Crippen LogP contribution in [-0.2, 0) is 12.0 Å². The second-order valence-corrected chi connectivity index (χ2v) is 4.67. The van der Waals surface area contributed by atoms with E-state index in [4.69, 9.17) is 0 Å². The summed E-state index contributed by atoms with van der Waals surface area (Å²) >= 11 is 0. The largest absolute Gasteiger partial charge is 0.377 e. The van der Waals surface area contributed by atoms with Gasteiger partial charge in [-0.15, -0.1) is 0 Å². The highest BCUT2D eigenvalue weighted by molar-refractivity contribution is 6.07. The third-order valence-electron chi connectivity index (χ3n) is 3.46. The van der Waals surface area contributed by atoms with Gasteiger partial charge in [0.25, 0.3) is 0 Å². The first kappa shape index (κ1) is 12.0. The molecule has 1 aliphatic carbocycles. The average Bonchev–Trinajstić information content (AvgIpc) is 2.63. The molecule has 3 rings (SSSR count). The summed E-state index contributed by atoms with van der Waals surface area (Å²) in [7, 11) is 0. The summed E-state index contributed by atoms with van der Waals surface area (Å²) in [5, 5.41) is 10.5. The molecule has 0 saturated heterocycles. The van der Waals surface area contributed by atoms with Gasteiger partial charge in [-0.2, -0.15) is 0 Å². The fourth-order valence-electron chi connectivity index (χ4n) is 2.47. The van der Waals surface area contributed by atoms with Crippen LogP contribution in [0.25, 0.3) is 0 Å². The van der Waals surface area contributed by atoms with Crippen LogP contribution in [0.3, 0.4) is 0 Å². The second kappa shape index (κ2) is 3.96. The lowest BCUT2D eigenvalue weighted by atomic mass is 9.90. The zero-order valence-electron chi connectivity index (χ0n) is 9.86. The Hall–Kier alpha value is -2.07. The number of hydrogen-bond acceptors (Lipinski definition) is 2. The van der Waals surface area contributed by atoms with Gasteiger partial charge < -0.3 is 5.11 Å². The second-order valence-electron chi connectivity index (χ2n) is 4.67. The van der Waals surface area contributed by atoms with Crippen molar-refractivity contribution in [2.24, 2.45) is 0 Å². The Kier molecular flexibility index (Phi) is 2.50. The van der Waals surface area contributed by atoms with Crippen LogP contribution in [0.2, 0.25) is 0 Å². The van der Waals surface area contributed by atoms with Gasteiger partial charge in [0.05, 0.1) is 0 Å². The molecule has 0 radical (unpaired) electrons. The topological polar surface area (TPSA) is 37.3 Å². The fourth-order valence-corrected chi connectivity index (χ4v) is 2.47. The van der Waals surface area contributed by atoms with E-state index in [1.165, 1.54) is 42.5 Å². The molecule has 0 saturated carbocycles. The molecule has 96 valence electrons. The molecular weight excluding hydrogens is 250 g/mol. The quantitative estimate of drug-likeness (QED) is 0.855. The smallest absolute Gasteiger partial charge is 0.199 e. The van der Waals surface area contributed by atoms with E-state index in [2.05, 4.69) is 0 Å². The van der Waals surface area contributed by atoms with E-state index in [1.54, 1.807) is 0 Å². The van der Waals surface area contributed by atoms with Crippen molar-refractivity contribution in [1.82, 2.24) is 0 Å². The number of fused-ring (bicyclic) bond motifs is 1. The van der Waals surface area contributed by atoms with Gasteiger partial charge in [0.2, 0.25) is 0 Å². The molecule has 0 aliphatic heterocycles. The summed E-state index contributed by atoms with van der Waals surface area (Å²) in [6, 6.07) is 8.91. The number of carbonyl (C=O) groups is 1. The Labute approximate surface area is 108 Å². The molecule has 0 heterocycles. The van der Waals surface area contributed by atoms with Crippen LogP contribution in [0.5, 0.6) is 0 Å². The van der Waals surface area contributed by atoms with E-state index in [0.717, 1.165) is 0 Å². The van der Waals surface area contributed by atoms with E-state index >= 15 is 0 Å². The van der Waals surface area contributed by atoms with Gasteiger partial charge in [0, 0.05) is 12.0 Å². The number of benzene rings is 2. The Morgan fingerprint density at radius 2 is 1.63 bits per heavy atom. The molecule has 2 nitrogen and oxygen atoms in total. The van der Waals surface area contributed by atoms with E-state index in [0.29, 0.717) is 16.7 Å². The summed E-state index contributed by atoms with van der Waals surface area (Å²) in [4.78, 5) is 12.2. The van der Waals surface area contributed by atoms with Crippen molar-refractivity contribution in [3.05, 3.63) is 70.8 Å². The van der Waals surface area contributed by atoms with Crippen molar-refractivity contribution >= 4 is 5.78 Å². The van der Waals surface area contributed by atoms with Crippen molar-refractivity contribution in [1.29, 1.82) is 0 Å². The van der Waals surface area contributed by atoms with Crippen molar-refractivity contribution in [2.75, 3.05) is 0 Å². The Morgan fingerprint density at radius 1 is 1.00 bits per heavy atom. The minimum absolute atomic E-state index is 0.00452. The molecular formula is C15H10F2O2. The summed E-state index contributed by atoms with van der Waals surface area (Å²) in [6.07, 6.45) is 0.00452. The van der Waals surface area contributed by atoms with Crippen LogP contribution < -0.4 is 0 Å². The van der Waals surface area contributed by atoms with E-state index in [1.807, 2.05) is 0 Å². The summed E-state index contributed by atoms with van der Waals surface area (Å²) in [5.74, 6) is -1.37. The van der Waals surface area contributed by atoms with Crippen molar-refractivity contribution < 1.29 is 18.7 Å². The van der Waals surface area contributed by atoms with Gasteiger partial charge >= 0.3 is 0 Å². The minimum Gasteiger partial charge on any atom is -0.377 e. The molecule has 1 aliphatic rings. The molecule has 2 aromatic carbocycles. The zero-order valence-corrected chi connectivity index (χ0v) is 9.86. The third kappa shape index (κ3) is 1.76. The minimum atomic E-state index is -1.73. The first-order valence-corrected chi connectivity index (χ1v) is 5.82. The molecule has 0 fully saturated rings. The van der Waals surface area contributed by atoms with Gasteiger partial charge in [-0.3, -0.25) is 4.79 Å². The number of hydrogen-bond donors (Lipinski definition) is 1. The van der Waals surface area contributed by atoms with Gasteiger partial charge in [0.1, 0.15) is 11.6 Å². The highest BCUT2D eigenvalue weighted by Crippen LogP contribution is 2.37. The molecule has 1 unspecified atom stereocenters. The molecule has 1 N–H and O–H groups in total. The summed E-state index contributed by atoms with van der Waals surface area (Å²) in [6.45, 7) is 0. The molecule has 19 heavy (non-hydrogen) atoms. The summed E-state index contributed by atoms with van der Waals surface area (Å²) in [5.41, 5.74) is -0.635. The molecule has 0 amide bonds. The van der Waals surface area contributed by atoms with Crippen molar-refractivity contribution in [2.45, 2.75) is 12.0 Å². The van der Waals surface area contributed by atoms with Gasteiger partial charge in [-0.05, 0) is 41.5 Å². The maximum Gasteiger partial charge on any atom is 0.199 e. The number of rotatable bonds is 1. The number of ketones is 1. The molecule has 0 aromatic heterocycles. The number of halogens is 2. The lowest BCUT2D eigenvalue weighted by Gasteiger charge is -2.20. The average molecular weight is 260 g/mol. The highest BCUT2D eigenvalue weighted by Gasteiger charge is 2.45. The van der Waals surface area contributed by atoms with Crippen LogP contribution in [0.4, 0.5) is 8.78 Å². The van der Waals surface area contributed by atoms with Crippen LogP contribution in [0, 0.1) is 11.6 Å². The van der Waals surface area contributed by atoms with Gasteiger partial charge in [0.15, 0.2) is 11.4 Å². The monoisotopic (exact) mass is 260 g/mol. The first-order valence-electron chi connectivity index (χ1n) is 5.82. The third-order valence-corrected chi connectivity index (χ3v) is 3.46. The number of aliphatic hydroxyl groups is 1. The van der Waals surface area contributed by atoms with Crippen LogP contribution >= 0.6 is 0 Å². The standard InChI is InChI=1S/C15H10F2O2/c16-11-3-1-10(2-4-11)15(19)8-9-7-12(17)5-6-13(9)14(15)18/h1-7,19H,8H2. The molecule has 0 bridgehead atoms. The van der Waals surface area contributed by atoms with Crippen molar-refractivity contribution in [3.63, 3.8) is 0 Å². The number of carbonyl (C=O) groups excluding carboxylic acids is 1. The van der Waals surface area contributed by atoms with Gasteiger partial charge in [-0.1, -0.05) is 12.1 Å². The van der Waals surface area contributed by atoms with Crippen LogP contribution in [-0.4, -0.2) is 10.9 Å². The van der Waals surface area contributed by atoms with Crippen molar-refractivity contribution in [3.8, 4) is 0 Å². The highest BCUT2D eigenvalue weighted by atomic mass is 19.1. The van der Waals surface area contributed by atoms with Gasteiger partial charge in [-0.25, -0.2) is 8.78 Å². The Morgan fingerprint density at radius 3 is 2.32 bits per heavy atom. The molecule has 4 heteroatoms. The number of Topliss-reactive ketones (excluding diaryl/α,β-unsaturated/α-hetero) is 1. The molecule has 1 atom stereocenters. The maximum atomic E-state index is 13.2. The Bertz CT molecular complexity index is 664. The van der Waals surface area contributed by atoms with E-state index < -0.39 is 23.0 Å². The lowest BCUT2D eigenvalue weighted by molar-refractivity contribution is 0.0355.